The first kappa shape index (κ1) is 12.1. The Balaban J connectivity index is 2.02. The lowest BCUT2D eigenvalue weighted by atomic mass is 9.73. The van der Waals surface area contributed by atoms with Crippen molar-refractivity contribution in [2.24, 2.45) is 5.92 Å². The van der Waals surface area contributed by atoms with Gasteiger partial charge in [-0.05, 0) is 23.8 Å². The van der Waals surface area contributed by atoms with Gasteiger partial charge in [-0.2, -0.15) is 0 Å². The molecule has 2 heterocycles. The maximum atomic E-state index is 6.27. The summed E-state index contributed by atoms with van der Waals surface area (Å²) < 4.78 is 6.27. The van der Waals surface area contributed by atoms with Gasteiger partial charge in [-0.15, -0.1) is 11.3 Å². The molecule has 1 saturated heterocycles. The Hall–Kier alpha value is -0.340. The zero-order valence-electron chi connectivity index (χ0n) is 10.5. The molecular weight excluding hydrogens is 216 g/mol. The predicted octanol–water partition coefficient (Wildman–Crippen LogP) is 4.79. The van der Waals surface area contributed by atoms with Crippen LogP contribution in [0.2, 0.25) is 0 Å². The van der Waals surface area contributed by atoms with Crippen LogP contribution in [0, 0.1) is 5.92 Å². The molecule has 0 amide bonds. The van der Waals surface area contributed by atoms with E-state index < -0.39 is 0 Å². The van der Waals surface area contributed by atoms with Crippen molar-refractivity contribution in [2.45, 2.75) is 58.2 Å². The van der Waals surface area contributed by atoms with Crippen LogP contribution in [0.15, 0.2) is 17.5 Å². The van der Waals surface area contributed by atoms with Crippen LogP contribution < -0.4 is 0 Å². The van der Waals surface area contributed by atoms with E-state index in [0.717, 1.165) is 12.3 Å². The second-order valence-electron chi connectivity index (χ2n) is 4.76. The number of hydrogen-bond donors (Lipinski definition) is 0. The molecule has 1 aromatic heterocycles. The summed E-state index contributed by atoms with van der Waals surface area (Å²) in [6, 6.07) is 4.31. The van der Waals surface area contributed by atoms with Crippen LogP contribution in [-0.4, -0.2) is 5.60 Å². The Morgan fingerprint density at radius 2 is 2.12 bits per heavy atom. The van der Waals surface area contributed by atoms with Gasteiger partial charge >= 0.3 is 0 Å². The molecule has 1 aliphatic rings. The summed E-state index contributed by atoms with van der Waals surface area (Å²) >= 11 is 1.82. The highest BCUT2D eigenvalue weighted by molar-refractivity contribution is 7.10. The van der Waals surface area contributed by atoms with Crippen molar-refractivity contribution in [3.63, 3.8) is 0 Å². The van der Waals surface area contributed by atoms with Crippen molar-refractivity contribution in [1.29, 1.82) is 0 Å². The molecule has 0 radical (unpaired) electrons. The summed E-state index contributed by atoms with van der Waals surface area (Å²) in [6.07, 6.45) is 5.22. The zero-order valence-corrected chi connectivity index (χ0v) is 11.3. The fraction of sp³-hybridized carbons (Fsp3) is 0.714. The van der Waals surface area contributed by atoms with E-state index in [-0.39, 0.29) is 5.60 Å². The van der Waals surface area contributed by atoms with E-state index in [2.05, 4.69) is 38.3 Å². The van der Waals surface area contributed by atoms with Crippen molar-refractivity contribution in [1.82, 2.24) is 0 Å². The van der Waals surface area contributed by atoms with Crippen LogP contribution in [-0.2, 0) is 4.74 Å². The molecular formula is C14H22OS. The van der Waals surface area contributed by atoms with Crippen LogP contribution in [0.4, 0.5) is 0 Å². The van der Waals surface area contributed by atoms with E-state index in [1.165, 1.54) is 24.1 Å². The Morgan fingerprint density at radius 1 is 1.44 bits per heavy atom. The van der Waals surface area contributed by atoms with Crippen molar-refractivity contribution in [2.75, 3.05) is 0 Å². The molecule has 1 nitrogen and oxygen atoms in total. The summed E-state index contributed by atoms with van der Waals surface area (Å²) in [5.74, 6) is 0.730. The van der Waals surface area contributed by atoms with E-state index in [9.17, 15) is 0 Å². The van der Waals surface area contributed by atoms with E-state index in [4.69, 9.17) is 4.74 Å². The molecule has 2 unspecified atom stereocenters. The van der Waals surface area contributed by atoms with Crippen LogP contribution >= 0.6 is 11.3 Å². The molecule has 16 heavy (non-hydrogen) atoms. The van der Waals surface area contributed by atoms with Crippen molar-refractivity contribution in [3.05, 3.63) is 22.4 Å². The third-order valence-electron chi connectivity index (χ3n) is 4.10. The lowest BCUT2D eigenvalue weighted by Crippen LogP contribution is -2.50. The topological polar surface area (TPSA) is 9.23 Å². The number of rotatable bonds is 5. The average Bonchev–Trinajstić information content (AvgIpc) is 2.76. The molecule has 1 aromatic rings. The average molecular weight is 238 g/mol. The standard InChI is InChI=1S/C14H22OS/c1-4-11(5-2)14(6-3)10-12(15-14)13-8-7-9-16-13/h7-9,11-12H,4-6,10H2,1-3H3. The van der Waals surface area contributed by atoms with Gasteiger partial charge in [-0.25, -0.2) is 0 Å². The Morgan fingerprint density at radius 3 is 2.56 bits per heavy atom. The zero-order chi connectivity index (χ0) is 11.6. The van der Waals surface area contributed by atoms with E-state index in [1.54, 1.807) is 0 Å². The monoisotopic (exact) mass is 238 g/mol. The van der Waals surface area contributed by atoms with Gasteiger partial charge in [-0.1, -0.05) is 39.7 Å². The van der Waals surface area contributed by atoms with Gasteiger partial charge in [0.25, 0.3) is 0 Å². The number of thiophene rings is 1. The molecule has 2 atom stereocenters. The third kappa shape index (κ3) is 1.93. The maximum absolute atomic E-state index is 6.27. The smallest absolute Gasteiger partial charge is 0.0952 e. The van der Waals surface area contributed by atoms with E-state index in [0.29, 0.717) is 6.10 Å². The molecule has 2 rings (SSSR count). The summed E-state index contributed by atoms with van der Waals surface area (Å²) in [6.45, 7) is 6.84. The molecule has 0 saturated carbocycles. The quantitative estimate of drug-likeness (QED) is 0.716. The van der Waals surface area contributed by atoms with E-state index in [1.807, 2.05) is 11.3 Å². The maximum Gasteiger partial charge on any atom is 0.0952 e. The summed E-state index contributed by atoms with van der Waals surface area (Å²) in [7, 11) is 0. The second-order valence-corrected chi connectivity index (χ2v) is 5.74. The summed E-state index contributed by atoms with van der Waals surface area (Å²) in [5, 5.41) is 2.14. The third-order valence-corrected chi connectivity index (χ3v) is 5.06. The van der Waals surface area contributed by atoms with Crippen LogP contribution in [0.3, 0.4) is 0 Å². The molecule has 0 aliphatic carbocycles. The van der Waals surface area contributed by atoms with Gasteiger partial charge in [-0.3, -0.25) is 0 Å². The summed E-state index contributed by atoms with van der Waals surface area (Å²) in [4.78, 5) is 1.40. The van der Waals surface area contributed by atoms with Crippen LogP contribution in [0.1, 0.15) is 57.4 Å². The van der Waals surface area contributed by atoms with Crippen LogP contribution in [0.25, 0.3) is 0 Å². The Labute approximate surface area is 103 Å². The molecule has 90 valence electrons. The van der Waals surface area contributed by atoms with E-state index >= 15 is 0 Å². The molecule has 2 heteroatoms. The largest absolute Gasteiger partial charge is 0.366 e. The van der Waals surface area contributed by atoms with Crippen molar-refractivity contribution in [3.8, 4) is 0 Å². The Kier molecular flexibility index (Phi) is 3.70. The molecule has 1 aliphatic heterocycles. The minimum Gasteiger partial charge on any atom is -0.366 e. The Bertz CT molecular complexity index is 307. The van der Waals surface area contributed by atoms with Gasteiger partial charge in [0.05, 0.1) is 11.7 Å². The fourth-order valence-corrected chi connectivity index (χ4v) is 3.79. The molecule has 0 bridgehead atoms. The van der Waals surface area contributed by atoms with Gasteiger partial charge in [0.2, 0.25) is 0 Å². The first-order valence-corrected chi connectivity index (χ1v) is 7.35. The predicted molar refractivity (Wildman–Crippen MR) is 69.9 cm³/mol. The van der Waals surface area contributed by atoms with Gasteiger partial charge in [0.15, 0.2) is 0 Å². The second kappa shape index (κ2) is 4.89. The number of hydrogen-bond acceptors (Lipinski definition) is 2. The lowest BCUT2D eigenvalue weighted by molar-refractivity contribution is -0.239. The highest BCUT2D eigenvalue weighted by Gasteiger charge is 2.48. The fourth-order valence-electron chi connectivity index (χ4n) is 3.03. The minimum atomic E-state index is 0.179. The lowest BCUT2D eigenvalue weighted by Gasteiger charge is -2.52. The number of ether oxygens (including phenoxy) is 1. The summed E-state index contributed by atoms with van der Waals surface area (Å²) in [5.41, 5.74) is 0.179. The highest BCUT2D eigenvalue weighted by atomic mass is 32.1. The molecule has 0 aromatic carbocycles. The highest BCUT2D eigenvalue weighted by Crippen LogP contribution is 2.51. The van der Waals surface area contributed by atoms with Gasteiger partial charge in [0, 0.05) is 11.3 Å². The normalized spacial score (nSPS) is 29.4. The minimum absolute atomic E-state index is 0.179. The first-order chi connectivity index (χ1) is 7.75. The van der Waals surface area contributed by atoms with Crippen LogP contribution in [0.5, 0.6) is 0 Å². The van der Waals surface area contributed by atoms with Crippen molar-refractivity contribution < 1.29 is 4.74 Å². The SMILES string of the molecule is CCC(CC)C1(CC)CC(c2cccs2)O1. The molecule has 0 spiro atoms. The molecule has 1 fully saturated rings. The van der Waals surface area contributed by atoms with Gasteiger partial charge < -0.3 is 4.74 Å². The van der Waals surface area contributed by atoms with Gasteiger partial charge in [0.1, 0.15) is 0 Å². The van der Waals surface area contributed by atoms with Crippen molar-refractivity contribution >= 4 is 11.3 Å². The first-order valence-electron chi connectivity index (χ1n) is 6.47. The molecule has 0 N–H and O–H groups in total.